The second-order valence-electron chi connectivity index (χ2n) is 11.2. The summed E-state index contributed by atoms with van der Waals surface area (Å²) in [6, 6.07) is 36.6. The lowest BCUT2D eigenvalue weighted by Gasteiger charge is -2.18. The highest BCUT2D eigenvalue weighted by Crippen LogP contribution is 2.41. The average molecular weight is 543 g/mol. The zero-order valence-electron chi connectivity index (χ0n) is 22.9. The molecule has 2 aliphatic rings. The second kappa shape index (κ2) is 10.2. The summed E-state index contributed by atoms with van der Waals surface area (Å²) in [5, 5.41) is 5.25. The Morgan fingerprint density at radius 2 is 1.44 bits per heavy atom. The first-order valence-electron chi connectivity index (χ1n) is 14.6. The highest BCUT2D eigenvalue weighted by Gasteiger charge is 2.15. The van der Waals surface area contributed by atoms with E-state index in [-0.39, 0.29) is 0 Å². The van der Waals surface area contributed by atoms with Crippen LogP contribution in [0.4, 0.5) is 0 Å². The summed E-state index contributed by atoms with van der Waals surface area (Å²) in [4.78, 5) is 0. The first-order chi connectivity index (χ1) is 20.3. The van der Waals surface area contributed by atoms with Gasteiger partial charge in [-0.05, 0) is 93.3 Å². The van der Waals surface area contributed by atoms with Gasteiger partial charge < -0.3 is 0 Å². The molecule has 0 saturated carbocycles. The standard InChI is InChI=1S/C40H30S/c1-3-10-27(11-4-1)33-24-34(28-12-5-2-6-13-28)26-35(25-33)31-19-18-30-23-32(21-20-29(30)22-31)36-15-9-16-38-37-14-7-8-17-39(37)41-40(36)38/h1,3-5,7-10,12-27H,2,6,11H2. The van der Waals surface area contributed by atoms with Crippen LogP contribution < -0.4 is 0 Å². The molecule has 0 bridgehead atoms. The van der Waals surface area contributed by atoms with Crippen molar-refractivity contribution >= 4 is 47.9 Å². The van der Waals surface area contributed by atoms with E-state index in [0.717, 1.165) is 19.3 Å². The molecule has 1 aromatic heterocycles. The summed E-state index contributed by atoms with van der Waals surface area (Å²) in [5.74, 6) is 0.423. The fraction of sp³-hybridized carbons (Fsp3) is 0.100. The lowest BCUT2D eigenvalue weighted by atomic mass is 9.86. The van der Waals surface area contributed by atoms with Crippen molar-refractivity contribution in [2.45, 2.75) is 25.2 Å². The summed E-state index contributed by atoms with van der Waals surface area (Å²) in [6.45, 7) is 0. The fourth-order valence-electron chi connectivity index (χ4n) is 6.42. The molecule has 1 unspecified atom stereocenters. The molecule has 5 aromatic carbocycles. The highest BCUT2D eigenvalue weighted by molar-refractivity contribution is 7.26. The summed E-state index contributed by atoms with van der Waals surface area (Å²) in [5.41, 5.74) is 9.22. The molecule has 2 aliphatic carbocycles. The number of hydrogen-bond donors (Lipinski definition) is 0. The van der Waals surface area contributed by atoms with Crippen molar-refractivity contribution in [2.24, 2.45) is 0 Å². The molecule has 0 aliphatic heterocycles. The molecule has 0 saturated heterocycles. The molecule has 1 atom stereocenters. The summed E-state index contributed by atoms with van der Waals surface area (Å²) >= 11 is 1.90. The van der Waals surface area contributed by atoms with Crippen LogP contribution in [0.15, 0.2) is 140 Å². The van der Waals surface area contributed by atoms with Gasteiger partial charge in [-0.3, -0.25) is 0 Å². The summed E-state index contributed by atoms with van der Waals surface area (Å²) in [7, 11) is 0. The minimum Gasteiger partial charge on any atom is -0.135 e. The van der Waals surface area contributed by atoms with Gasteiger partial charge in [0.2, 0.25) is 0 Å². The Bertz CT molecular complexity index is 2080. The van der Waals surface area contributed by atoms with Crippen LogP contribution in [0, 0.1) is 0 Å². The van der Waals surface area contributed by atoms with Crippen molar-refractivity contribution in [3.05, 3.63) is 151 Å². The van der Waals surface area contributed by atoms with Gasteiger partial charge in [0.1, 0.15) is 0 Å². The zero-order chi connectivity index (χ0) is 27.2. The van der Waals surface area contributed by atoms with E-state index in [9.17, 15) is 0 Å². The predicted octanol–water partition coefficient (Wildman–Crippen LogP) is 11.9. The number of fused-ring (bicyclic) bond motifs is 4. The van der Waals surface area contributed by atoms with E-state index < -0.39 is 0 Å². The van der Waals surface area contributed by atoms with Crippen molar-refractivity contribution in [1.29, 1.82) is 0 Å². The van der Waals surface area contributed by atoms with E-state index in [2.05, 4.69) is 140 Å². The van der Waals surface area contributed by atoms with Crippen LogP contribution in [0.1, 0.15) is 36.3 Å². The monoisotopic (exact) mass is 542 g/mol. The van der Waals surface area contributed by atoms with Gasteiger partial charge in [-0.1, -0.05) is 115 Å². The molecule has 6 aromatic rings. The summed E-state index contributed by atoms with van der Waals surface area (Å²) < 4.78 is 2.72. The number of hydrogen-bond acceptors (Lipinski definition) is 1. The van der Waals surface area contributed by atoms with Gasteiger partial charge in [0.25, 0.3) is 0 Å². The number of benzene rings is 5. The van der Waals surface area contributed by atoms with Crippen LogP contribution in [0.3, 0.4) is 0 Å². The van der Waals surface area contributed by atoms with Crippen molar-refractivity contribution in [2.75, 3.05) is 0 Å². The van der Waals surface area contributed by atoms with E-state index >= 15 is 0 Å². The molecule has 0 spiro atoms. The lowest BCUT2D eigenvalue weighted by molar-refractivity contribution is 0.853. The predicted molar refractivity (Wildman–Crippen MR) is 180 cm³/mol. The third-order valence-electron chi connectivity index (χ3n) is 8.58. The van der Waals surface area contributed by atoms with Crippen LogP contribution in [0.25, 0.3) is 58.8 Å². The maximum atomic E-state index is 2.41. The molecular formula is C40H30S. The van der Waals surface area contributed by atoms with E-state index in [4.69, 9.17) is 0 Å². The number of allylic oxidation sites excluding steroid dienone is 8. The number of thiophene rings is 1. The Morgan fingerprint density at radius 1 is 0.610 bits per heavy atom. The Morgan fingerprint density at radius 3 is 2.29 bits per heavy atom. The van der Waals surface area contributed by atoms with Crippen LogP contribution >= 0.6 is 11.3 Å². The highest BCUT2D eigenvalue weighted by atomic mass is 32.1. The van der Waals surface area contributed by atoms with Gasteiger partial charge in [-0.2, -0.15) is 0 Å². The first-order valence-corrected chi connectivity index (χ1v) is 15.4. The van der Waals surface area contributed by atoms with E-state index in [1.165, 1.54) is 69.9 Å². The maximum Gasteiger partial charge on any atom is 0.0433 e. The molecule has 196 valence electrons. The largest absolute Gasteiger partial charge is 0.135 e. The molecular weight excluding hydrogens is 513 g/mol. The van der Waals surface area contributed by atoms with Crippen LogP contribution in [-0.4, -0.2) is 0 Å². The van der Waals surface area contributed by atoms with E-state index in [0.29, 0.717) is 5.92 Å². The normalized spacial score (nSPS) is 16.6. The van der Waals surface area contributed by atoms with Crippen LogP contribution in [0.2, 0.25) is 0 Å². The molecule has 1 heteroatoms. The third-order valence-corrected chi connectivity index (χ3v) is 9.80. The minimum absolute atomic E-state index is 0.423. The molecule has 0 nitrogen and oxygen atoms in total. The van der Waals surface area contributed by atoms with Gasteiger partial charge in [-0.25, -0.2) is 0 Å². The van der Waals surface area contributed by atoms with Gasteiger partial charge in [0.15, 0.2) is 0 Å². The van der Waals surface area contributed by atoms with Gasteiger partial charge in [0.05, 0.1) is 0 Å². The maximum absolute atomic E-state index is 2.41. The van der Waals surface area contributed by atoms with Gasteiger partial charge in [-0.15, -0.1) is 11.3 Å². The molecule has 0 radical (unpaired) electrons. The van der Waals surface area contributed by atoms with Crippen LogP contribution in [-0.2, 0) is 0 Å². The molecule has 41 heavy (non-hydrogen) atoms. The number of rotatable bonds is 4. The quantitative estimate of drug-likeness (QED) is 0.208. The lowest BCUT2D eigenvalue weighted by Crippen LogP contribution is -1.99. The summed E-state index contributed by atoms with van der Waals surface area (Å²) in [6.07, 6.45) is 19.3. The topological polar surface area (TPSA) is 0 Å². The Hall–Kier alpha value is -4.46. The Balaban J connectivity index is 1.21. The Labute approximate surface area is 245 Å². The van der Waals surface area contributed by atoms with E-state index in [1.807, 2.05) is 11.3 Å². The van der Waals surface area contributed by atoms with Gasteiger partial charge >= 0.3 is 0 Å². The Kier molecular flexibility index (Phi) is 6.04. The van der Waals surface area contributed by atoms with Crippen molar-refractivity contribution in [3.63, 3.8) is 0 Å². The molecule has 1 heterocycles. The van der Waals surface area contributed by atoms with Crippen molar-refractivity contribution in [1.82, 2.24) is 0 Å². The molecule has 0 amide bonds. The SMILES string of the molecule is C1=CCC(c2cc(C3=CCCC=C3)cc(-c3ccc4cc(-c5cccc6c5sc5ccccc56)ccc4c3)c2)C=C1. The van der Waals surface area contributed by atoms with Crippen molar-refractivity contribution < 1.29 is 0 Å². The molecule has 0 fully saturated rings. The zero-order valence-corrected chi connectivity index (χ0v) is 23.7. The van der Waals surface area contributed by atoms with E-state index in [1.54, 1.807) is 0 Å². The fourth-order valence-corrected chi connectivity index (χ4v) is 7.66. The van der Waals surface area contributed by atoms with Crippen LogP contribution in [0.5, 0.6) is 0 Å². The van der Waals surface area contributed by atoms with Crippen molar-refractivity contribution in [3.8, 4) is 22.3 Å². The third kappa shape index (κ3) is 4.47. The molecule has 8 rings (SSSR count). The first kappa shape index (κ1) is 24.3. The molecule has 0 N–H and O–H groups in total. The average Bonchev–Trinajstić information content (AvgIpc) is 3.44. The smallest absolute Gasteiger partial charge is 0.0433 e. The van der Waals surface area contributed by atoms with Gasteiger partial charge in [0, 0.05) is 26.1 Å². The second-order valence-corrected chi connectivity index (χ2v) is 12.2. The minimum atomic E-state index is 0.423.